The molecule has 2 aromatic carbocycles. The summed E-state index contributed by atoms with van der Waals surface area (Å²) in [5.74, 6) is -0.472. The molecule has 5 heteroatoms. The number of aryl methyl sites for hydroxylation is 2. The Balaban J connectivity index is 1.76. The lowest BCUT2D eigenvalue weighted by Crippen LogP contribution is -2.32. The van der Waals surface area contributed by atoms with Crippen LogP contribution in [0.25, 0.3) is 0 Å². The SMILES string of the molecule is Cc1ccc(O[C@H]2CCN(c3cccc(C(=O)O)c3)C2=O)cc1C. The van der Waals surface area contributed by atoms with Gasteiger partial charge in [-0.1, -0.05) is 12.1 Å². The van der Waals surface area contributed by atoms with Crippen LogP contribution in [-0.4, -0.2) is 29.6 Å². The summed E-state index contributed by atoms with van der Waals surface area (Å²) in [7, 11) is 0. The third kappa shape index (κ3) is 3.11. The molecule has 5 nitrogen and oxygen atoms in total. The highest BCUT2D eigenvalue weighted by Gasteiger charge is 2.34. The molecule has 0 saturated carbocycles. The molecule has 1 heterocycles. The van der Waals surface area contributed by atoms with Gasteiger partial charge in [-0.2, -0.15) is 0 Å². The largest absolute Gasteiger partial charge is 0.481 e. The van der Waals surface area contributed by atoms with E-state index in [9.17, 15) is 9.59 Å². The summed E-state index contributed by atoms with van der Waals surface area (Å²) in [6.07, 6.45) is 0.0314. The molecule has 0 aromatic heterocycles. The van der Waals surface area contributed by atoms with E-state index in [-0.39, 0.29) is 11.5 Å². The third-order valence-corrected chi connectivity index (χ3v) is 4.32. The average molecular weight is 325 g/mol. The van der Waals surface area contributed by atoms with Crippen LogP contribution in [0.15, 0.2) is 42.5 Å². The molecule has 1 fully saturated rings. The number of carbonyl (C=O) groups excluding carboxylic acids is 1. The van der Waals surface area contributed by atoms with Crippen LogP contribution in [0.4, 0.5) is 5.69 Å². The van der Waals surface area contributed by atoms with E-state index in [2.05, 4.69) is 0 Å². The molecule has 2 aromatic rings. The van der Waals surface area contributed by atoms with E-state index in [0.717, 1.165) is 5.56 Å². The van der Waals surface area contributed by atoms with Crippen LogP contribution in [0.1, 0.15) is 27.9 Å². The van der Waals surface area contributed by atoms with Crippen LogP contribution in [0.3, 0.4) is 0 Å². The number of amides is 1. The fraction of sp³-hybridized carbons (Fsp3) is 0.263. The smallest absolute Gasteiger partial charge is 0.335 e. The molecule has 1 atom stereocenters. The molecular formula is C19H19NO4. The second-order valence-corrected chi connectivity index (χ2v) is 5.99. The van der Waals surface area contributed by atoms with Gasteiger partial charge in [-0.25, -0.2) is 4.79 Å². The quantitative estimate of drug-likeness (QED) is 0.937. The normalized spacial score (nSPS) is 17.2. The van der Waals surface area contributed by atoms with Crippen molar-refractivity contribution in [3.63, 3.8) is 0 Å². The van der Waals surface area contributed by atoms with E-state index >= 15 is 0 Å². The lowest BCUT2D eigenvalue weighted by atomic mass is 10.1. The summed E-state index contributed by atoms with van der Waals surface area (Å²) in [4.78, 5) is 25.3. The van der Waals surface area contributed by atoms with Crippen LogP contribution in [0.2, 0.25) is 0 Å². The maximum Gasteiger partial charge on any atom is 0.335 e. The van der Waals surface area contributed by atoms with Gasteiger partial charge in [0.05, 0.1) is 5.56 Å². The fourth-order valence-corrected chi connectivity index (χ4v) is 2.78. The van der Waals surface area contributed by atoms with Gasteiger partial charge >= 0.3 is 5.97 Å². The summed E-state index contributed by atoms with van der Waals surface area (Å²) in [6.45, 7) is 4.54. The Morgan fingerprint density at radius 1 is 1.17 bits per heavy atom. The van der Waals surface area contributed by atoms with Crippen LogP contribution in [0.5, 0.6) is 5.75 Å². The first-order chi connectivity index (χ1) is 11.5. The summed E-state index contributed by atoms with van der Waals surface area (Å²) in [6, 6.07) is 12.2. The van der Waals surface area contributed by atoms with Gasteiger partial charge in [-0.05, 0) is 55.3 Å². The highest BCUT2D eigenvalue weighted by molar-refractivity contribution is 6.00. The molecule has 0 bridgehead atoms. The van der Waals surface area contributed by atoms with E-state index in [0.29, 0.717) is 24.4 Å². The molecule has 3 rings (SSSR count). The number of carboxylic acid groups (broad SMARTS) is 1. The molecule has 24 heavy (non-hydrogen) atoms. The second kappa shape index (κ2) is 6.35. The van der Waals surface area contributed by atoms with Gasteiger partial charge in [0.15, 0.2) is 6.10 Å². The Labute approximate surface area is 140 Å². The maximum atomic E-state index is 12.6. The van der Waals surface area contributed by atoms with Gasteiger partial charge in [0, 0.05) is 18.7 Å². The lowest BCUT2D eigenvalue weighted by Gasteiger charge is -2.18. The number of aromatic carboxylic acids is 1. The molecule has 0 unspecified atom stereocenters. The third-order valence-electron chi connectivity index (χ3n) is 4.32. The predicted molar refractivity (Wildman–Crippen MR) is 90.7 cm³/mol. The zero-order valence-corrected chi connectivity index (χ0v) is 13.7. The Hall–Kier alpha value is -2.82. The van der Waals surface area contributed by atoms with E-state index in [1.165, 1.54) is 17.7 Å². The van der Waals surface area contributed by atoms with Crippen molar-refractivity contribution in [1.82, 2.24) is 0 Å². The summed E-state index contributed by atoms with van der Waals surface area (Å²) in [5.41, 5.74) is 3.04. The Morgan fingerprint density at radius 2 is 1.96 bits per heavy atom. The zero-order chi connectivity index (χ0) is 17.3. The number of hydrogen-bond acceptors (Lipinski definition) is 3. The molecule has 1 saturated heterocycles. The van der Waals surface area contributed by atoms with Gasteiger partial charge < -0.3 is 14.7 Å². The van der Waals surface area contributed by atoms with E-state index in [1.54, 1.807) is 17.0 Å². The van der Waals surface area contributed by atoms with E-state index in [4.69, 9.17) is 9.84 Å². The number of rotatable bonds is 4. The van der Waals surface area contributed by atoms with Crippen molar-refractivity contribution in [2.75, 3.05) is 11.4 Å². The number of carboxylic acids is 1. The molecule has 124 valence electrons. The van der Waals surface area contributed by atoms with Crippen LogP contribution in [0, 0.1) is 13.8 Å². The Kier molecular flexibility index (Phi) is 4.25. The van der Waals surface area contributed by atoms with Gasteiger partial charge in [0.25, 0.3) is 5.91 Å². The maximum absolute atomic E-state index is 12.6. The van der Waals surface area contributed by atoms with Crippen LogP contribution >= 0.6 is 0 Å². The molecule has 0 aliphatic carbocycles. The minimum atomic E-state index is -1.01. The molecular weight excluding hydrogens is 306 g/mol. The van der Waals surface area contributed by atoms with Crippen molar-refractivity contribution in [2.45, 2.75) is 26.4 Å². The average Bonchev–Trinajstić information content (AvgIpc) is 2.92. The molecule has 1 amide bonds. The van der Waals surface area contributed by atoms with Gasteiger partial charge in [0.2, 0.25) is 0 Å². The molecule has 1 aliphatic rings. The van der Waals surface area contributed by atoms with Crippen molar-refractivity contribution < 1.29 is 19.4 Å². The van der Waals surface area contributed by atoms with Crippen LogP contribution in [-0.2, 0) is 4.79 Å². The van der Waals surface area contributed by atoms with Crippen molar-refractivity contribution in [3.8, 4) is 5.75 Å². The standard InChI is InChI=1S/C19H19NO4/c1-12-6-7-16(10-13(12)2)24-17-8-9-20(18(17)21)15-5-3-4-14(11-15)19(22)23/h3-7,10-11,17H,8-9H2,1-2H3,(H,22,23)/t17-/m0/s1. The number of hydrogen-bond donors (Lipinski definition) is 1. The monoisotopic (exact) mass is 325 g/mol. The topological polar surface area (TPSA) is 66.8 Å². The summed E-state index contributed by atoms with van der Waals surface area (Å²) >= 11 is 0. The van der Waals surface area contributed by atoms with Crippen molar-refractivity contribution in [2.24, 2.45) is 0 Å². The number of anilines is 1. The van der Waals surface area contributed by atoms with Crippen molar-refractivity contribution in [3.05, 3.63) is 59.2 Å². The predicted octanol–water partition coefficient (Wildman–Crippen LogP) is 3.19. The molecule has 1 aliphatic heterocycles. The molecule has 1 N–H and O–H groups in total. The minimum Gasteiger partial charge on any atom is -0.481 e. The Morgan fingerprint density at radius 3 is 2.67 bits per heavy atom. The molecule has 0 spiro atoms. The second-order valence-electron chi connectivity index (χ2n) is 5.99. The van der Waals surface area contributed by atoms with Gasteiger partial charge in [-0.3, -0.25) is 4.79 Å². The van der Waals surface area contributed by atoms with Crippen molar-refractivity contribution in [1.29, 1.82) is 0 Å². The number of ether oxygens (including phenoxy) is 1. The summed E-state index contributed by atoms with van der Waals surface area (Å²) < 4.78 is 5.85. The van der Waals surface area contributed by atoms with Crippen LogP contribution < -0.4 is 9.64 Å². The highest BCUT2D eigenvalue weighted by atomic mass is 16.5. The number of carbonyl (C=O) groups is 2. The van der Waals surface area contributed by atoms with Gasteiger partial charge in [0.1, 0.15) is 5.75 Å². The zero-order valence-electron chi connectivity index (χ0n) is 13.7. The highest BCUT2D eigenvalue weighted by Crippen LogP contribution is 2.26. The molecule has 0 radical (unpaired) electrons. The van der Waals surface area contributed by atoms with E-state index < -0.39 is 12.1 Å². The minimum absolute atomic E-state index is 0.143. The fourth-order valence-electron chi connectivity index (χ4n) is 2.78. The van der Waals surface area contributed by atoms with Gasteiger partial charge in [-0.15, -0.1) is 0 Å². The van der Waals surface area contributed by atoms with E-state index in [1.807, 2.05) is 32.0 Å². The number of benzene rings is 2. The first kappa shape index (κ1) is 16.1. The lowest BCUT2D eigenvalue weighted by molar-refractivity contribution is -0.122. The number of nitrogens with zero attached hydrogens (tertiary/aromatic N) is 1. The first-order valence-corrected chi connectivity index (χ1v) is 7.84. The van der Waals surface area contributed by atoms with Crippen molar-refractivity contribution >= 4 is 17.6 Å². The first-order valence-electron chi connectivity index (χ1n) is 7.84. The Bertz CT molecular complexity index is 800. The summed E-state index contributed by atoms with van der Waals surface area (Å²) in [5, 5.41) is 9.09.